The summed E-state index contributed by atoms with van der Waals surface area (Å²) in [5, 5.41) is 3.44. The van der Waals surface area contributed by atoms with Gasteiger partial charge in [0.05, 0.1) is 0 Å². The molecule has 0 fully saturated rings. The number of rotatable bonds is 1. The van der Waals surface area contributed by atoms with Gasteiger partial charge in [0, 0.05) is 22.2 Å². The molecule has 2 nitrogen and oxygen atoms in total. The van der Waals surface area contributed by atoms with Gasteiger partial charge in [-0.1, -0.05) is 36.4 Å². The molecule has 2 heterocycles. The highest BCUT2D eigenvalue weighted by atomic mass is 32.1. The normalized spacial score (nSPS) is 18.0. The summed E-state index contributed by atoms with van der Waals surface area (Å²) in [6.45, 7) is 0. The first kappa shape index (κ1) is 11.0. The Morgan fingerprint density at radius 2 is 1.84 bits per heavy atom. The summed E-state index contributed by atoms with van der Waals surface area (Å²) < 4.78 is 1.29. The minimum Gasteiger partial charge on any atom is -0.337 e. The first-order chi connectivity index (χ1) is 9.42. The van der Waals surface area contributed by atoms with E-state index in [1.165, 1.54) is 21.2 Å². The zero-order chi connectivity index (χ0) is 12.7. The Bertz CT molecular complexity index is 732. The van der Waals surface area contributed by atoms with Crippen molar-refractivity contribution in [1.29, 1.82) is 0 Å². The summed E-state index contributed by atoms with van der Waals surface area (Å²) in [6.07, 6.45) is 0.836. The van der Waals surface area contributed by atoms with Gasteiger partial charge < -0.3 is 4.89 Å². The Kier molecular flexibility index (Phi) is 2.53. The van der Waals surface area contributed by atoms with Crippen molar-refractivity contribution in [3.05, 3.63) is 65.0 Å². The highest BCUT2D eigenvalue weighted by molar-refractivity contribution is 7.17. The van der Waals surface area contributed by atoms with Crippen LogP contribution in [0.1, 0.15) is 17.2 Å². The third-order valence-corrected chi connectivity index (χ3v) is 4.47. The molecular formula is C16H12O2S. The minimum absolute atomic E-state index is 0.0222. The van der Waals surface area contributed by atoms with Gasteiger partial charge in [-0.05, 0) is 22.9 Å². The van der Waals surface area contributed by atoms with E-state index in [1.807, 2.05) is 18.2 Å². The van der Waals surface area contributed by atoms with Crippen LogP contribution >= 0.6 is 11.3 Å². The van der Waals surface area contributed by atoms with Crippen molar-refractivity contribution in [3.8, 4) is 5.75 Å². The average Bonchev–Trinajstić information content (AvgIpc) is 2.91. The third kappa shape index (κ3) is 1.82. The van der Waals surface area contributed by atoms with Crippen molar-refractivity contribution >= 4 is 21.4 Å². The summed E-state index contributed by atoms with van der Waals surface area (Å²) in [7, 11) is 0. The second-order valence-corrected chi connectivity index (χ2v) is 5.58. The highest BCUT2D eigenvalue weighted by Gasteiger charge is 2.24. The molecule has 3 heteroatoms. The predicted octanol–water partition coefficient (Wildman–Crippen LogP) is 4.51. The Morgan fingerprint density at radius 1 is 1.00 bits per heavy atom. The van der Waals surface area contributed by atoms with Crippen LogP contribution in [0.15, 0.2) is 53.9 Å². The zero-order valence-electron chi connectivity index (χ0n) is 10.2. The smallest absolute Gasteiger partial charge is 0.168 e. The van der Waals surface area contributed by atoms with Gasteiger partial charge in [-0.15, -0.1) is 11.3 Å². The SMILES string of the molecule is c1ccc2c(c1)CC(c1csc3ccccc13)OO2. The van der Waals surface area contributed by atoms with Gasteiger partial charge in [0.15, 0.2) is 5.75 Å². The van der Waals surface area contributed by atoms with Crippen LogP contribution in [0.3, 0.4) is 0 Å². The molecule has 1 unspecified atom stereocenters. The molecule has 0 bridgehead atoms. The number of benzene rings is 2. The number of hydrogen-bond acceptors (Lipinski definition) is 3. The minimum atomic E-state index is -0.0222. The van der Waals surface area contributed by atoms with Crippen LogP contribution in [0.4, 0.5) is 0 Å². The molecule has 1 aliphatic heterocycles. The van der Waals surface area contributed by atoms with E-state index in [9.17, 15) is 0 Å². The second kappa shape index (κ2) is 4.37. The van der Waals surface area contributed by atoms with E-state index in [4.69, 9.17) is 9.78 Å². The molecule has 1 aliphatic rings. The molecule has 0 aliphatic carbocycles. The molecule has 0 saturated carbocycles. The van der Waals surface area contributed by atoms with Crippen molar-refractivity contribution in [1.82, 2.24) is 0 Å². The molecule has 1 aromatic heterocycles. The van der Waals surface area contributed by atoms with Gasteiger partial charge in [0.2, 0.25) is 0 Å². The van der Waals surface area contributed by atoms with E-state index in [-0.39, 0.29) is 6.10 Å². The first-order valence-electron chi connectivity index (χ1n) is 6.29. The van der Waals surface area contributed by atoms with E-state index in [1.54, 1.807) is 11.3 Å². The molecule has 19 heavy (non-hydrogen) atoms. The second-order valence-electron chi connectivity index (χ2n) is 4.67. The van der Waals surface area contributed by atoms with Gasteiger partial charge in [-0.3, -0.25) is 0 Å². The maximum atomic E-state index is 5.56. The predicted molar refractivity (Wildman–Crippen MR) is 76.4 cm³/mol. The molecule has 0 saturated heterocycles. The van der Waals surface area contributed by atoms with Crippen molar-refractivity contribution < 1.29 is 9.78 Å². The van der Waals surface area contributed by atoms with Crippen LogP contribution in [0, 0.1) is 0 Å². The van der Waals surface area contributed by atoms with E-state index in [0.29, 0.717) is 0 Å². The lowest BCUT2D eigenvalue weighted by molar-refractivity contribution is -0.257. The molecule has 0 N–H and O–H groups in total. The molecule has 4 rings (SSSR count). The summed E-state index contributed by atoms with van der Waals surface area (Å²) in [5.74, 6) is 0.832. The molecular weight excluding hydrogens is 256 g/mol. The molecule has 0 spiro atoms. The fraction of sp³-hybridized carbons (Fsp3) is 0.125. The highest BCUT2D eigenvalue weighted by Crippen LogP contribution is 2.38. The molecule has 3 aromatic rings. The van der Waals surface area contributed by atoms with E-state index in [0.717, 1.165) is 12.2 Å². The number of fused-ring (bicyclic) bond motifs is 2. The largest absolute Gasteiger partial charge is 0.337 e. The third-order valence-electron chi connectivity index (χ3n) is 3.49. The van der Waals surface area contributed by atoms with E-state index in [2.05, 4.69) is 35.7 Å². The van der Waals surface area contributed by atoms with Crippen LogP contribution < -0.4 is 4.89 Å². The number of thiophene rings is 1. The number of hydrogen-bond donors (Lipinski definition) is 0. The molecule has 2 aromatic carbocycles. The Morgan fingerprint density at radius 3 is 2.84 bits per heavy atom. The molecule has 0 radical (unpaired) electrons. The fourth-order valence-electron chi connectivity index (χ4n) is 2.51. The summed E-state index contributed by atoms with van der Waals surface area (Å²) in [6, 6.07) is 16.5. The molecule has 94 valence electrons. The van der Waals surface area contributed by atoms with E-state index < -0.39 is 0 Å². The van der Waals surface area contributed by atoms with Gasteiger partial charge in [-0.25, -0.2) is 0 Å². The van der Waals surface area contributed by atoms with Crippen LogP contribution in [0.5, 0.6) is 5.75 Å². The van der Waals surface area contributed by atoms with Crippen LogP contribution in [-0.2, 0) is 11.3 Å². The Labute approximate surface area is 115 Å². The Balaban J connectivity index is 1.75. The fourth-order valence-corrected chi connectivity index (χ4v) is 3.51. The molecule has 0 amide bonds. The molecule has 1 atom stereocenters. The topological polar surface area (TPSA) is 18.5 Å². The van der Waals surface area contributed by atoms with Crippen LogP contribution in [0.25, 0.3) is 10.1 Å². The standard InChI is InChI=1S/C16H12O2S/c1-3-7-14-11(5-1)9-15(18-17-14)13-10-19-16-8-4-2-6-12(13)16/h1-8,10,15H,9H2. The van der Waals surface area contributed by atoms with Crippen molar-refractivity contribution in [3.63, 3.8) is 0 Å². The van der Waals surface area contributed by atoms with Gasteiger partial charge >= 0.3 is 0 Å². The quantitative estimate of drug-likeness (QED) is 0.605. The van der Waals surface area contributed by atoms with Crippen molar-refractivity contribution in [2.75, 3.05) is 0 Å². The van der Waals surface area contributed by atoms with E-state index >= 15 is 0 Å². The maximum Gasteiger partial charge on any atom is 0.168 e. The lowest BCUT2D eigenvalue weighted by Crippen LogP contribution is -2.16. The lowest BCUT2D eigenvalue weighted by atomic mass is 9.99. The monoisotopic (exact) mass is 268 g/mol. The first-order valence-corrected chi connectivity index (χ1v) is 7.17. The van der Waals surface area contributed by atoms with Crippen LogP contribution in [-0.4, -0.2) is 0 Å². The summed E-state index contributed by atoms with van der Waals surface area (Å²) in [4.78, 5) is 11.0. The Hall–Kier alpha value is -1.84. The maximum absolute atomic E-state index is 5.56. The van der Waals surface area contributed by atoms with Crippen molar-refractivity contribution in [2.45, 2.75) is 12.5 Å². The van der Waals surface area contributed by atoms with Crippen LogP contribution in [0.2, 0.25) is 0 Å². The van der Waals surface area contributed by atoms with Crippen molar-refractivity contribution in [2.24, 2.45) is 0 Å². The lowest BCUT2D eigenvalue weighted by Gasteiger charge is -2.23. The zero-order valence-corrected chi connectivity index (χ0v) is 11.0. The van der Waals surface area contributed by atoms with Gasteiger partial charge in [-0.2, -0.15) is 4.89 Å². The number of para-hydroxylation sites is 1. The van der Waals surface area contributed by atoms with Gasteiger partial charge in [0.25, 0.3) is 0 Å². The summed E-state index contributed by atoms with van der Waals surface area (Å²) >= 11 is 1.75. The summed E-state index contributed by atoms with van der Waals surface area (Å²) in [5.41, 5.74) is 2.42. The van der Waals surface area contributed by atoms with Gasteiger partial charge in [0.1, 0.15) is 6.10 Å². The average molecular weight is 268 g/mol.